The molecule has 8 nitrogen and oxygen atoms in total. The Kier molecular flexibility index (Phi) is 7.04. The maximum atomic E-state index is 12.9. The van der Waals surface area contributed by atoms with Gasteiger partial charge in [-0.25, -0.2) is 4.98 Å². The third-order valence-electron chi connectivity index (χ3n) is 6.79. The number of aryl methyl sites for hydroxylation is 2. The minimum atomic E-state index is 0.00540. The smallest absolute Gasteiger partial charge is 0.229 e. The molecule has 2 aromatic carbocycles. The van der Waals surface area contributed by atoms with Crippen molar-refractivity contribution in [3.8, 4) is 0 Å². The first-order valence-electron chi connectivity index (χ1n) is 12.3. The first-order valence-corrected chi connectivity index (χ1v) is 12.6. The molecule has 0 atom stereocenters. The van der Waals surface area contributed by atoms with Gasteiger partial charge in [-0.1, -0.05) is 23.7 Å². The SMILES string of the molecule is CC(=O)N1CCC(CC(=O)Nc2ccc3cc2CCc2cccc(c2)Nc2ncc(Cl)c(n2)N3)CC1. The molecule has 0 aliphatic carbocycles. The normalized spacial score (nSPS) is 15.4. The zero-order chi connectivity index (χ0) is 25.1. The lowest BCUT2D eigenvalue weighted by Gasteiger charge is -2.31. The van der Waals surface area contributed by atoms with Crippen LogP contribution in [-0.4, -0.2) is 39.8 Å². The number of hydrogen-bond donors (Lipinski definition) is 3. The molecule has 9 heteroatoms. The Labute approximate surface area is 215 Å². The minimum absolute atomic E-state index is 0.00540. The Bertz CT molecular complexity index is 1290. The van der Waals surface area contributed by atoms with E-state index in [1.165, 1.54) is 5.56 Å². The van der Waals surface area contributed by atoms with Crippen LogP contribution in [0.4, 0.5) is 28.8 Å². The average molecular weight is 505 g/mol. The van der Waals surface area contributed by atoms with E-state index in [0.717, 1.165) is 61.4 Å². The molecule has 5 rings (SSSR count). The van der Waals surface area contributed by atoms with E-state index in [-0.39, 0.29) is 17.7 Å². The van der Waals surface area contributed by atoms with Gasteiger partial charge in [-0.2, -0.15) is 4.98 Å². The summed E-state index contributed by atoms with van der Waals surface area (Å²) >= 11 is 6.36. The average Bonchev–Trinajstić information content (AvgIpc) is 2.86. The lowest BCUT2D eigenvalue weighted by Crippen LogP contribution is -2.37. The van der Waals surface area contributed by atoms with E-state index in [1.54, 1.807) is 13.1 Å². The Morgan fingerprint density at radius 3 is 2.69 bits per heavy atom. The number of rotatable bonds is 3. The molecule has 0 spiro atoms. The van der Waals surface area contributed by atoms with Gasteiger partial charge in [-0.05, 0) is 73.1 Å². The second-order valence-electron chi connectivity index (χ2n) is 9.41. The molecule has 3 N–H and O–H groups in total. The van der Waals surface area contributed by atoms with Gasteiger partial charge in [0, 0.05) is 43.5 Å². The molecule has 2 aliphatic rings. The van der Waals surface area contributed by atoms with Gasteiger partial charge in [0.05, 0.1) is 6.20 Å². The molecule has 1 saturated heterocycles. The van der Waals surface area contributed by atoms with Crippen LogP contribution in [0.25, 0.3) is 0 Å². The van der Waals surface area contributed by atoms with Crippen molar-refractivity contribution in [3.05, 3.63) is 64.8 Å². The number of fused-ring (bicyclic) bond motifs is 6. The molecular weight excluding hydrogens is 476 g/mol. The van der Waals surface area contributed by atoms with Crippen molar-refractivity contribution in [1.29, 1.82) is 0 Å². The molecule has 1 fully saturated rings. The number of amides is 2. The van der Waals surface area contributed by atoms with E-state index in [9.17, 15) is 9.59 Å². The molecule has 3 aromatic rings. The molecule has 36 heavy (non-hydrogen) atoms. The third kappa shape index (κ3) is 5.76. The zero-order valence-corrected chi connectivity index (χ0v) is 20.9. The number of hydrogen-bond acceptors (Lipinski definition) is 6. The number of nitrogens with zero attached hydrogens (tertiary/aromatic N) is 3. The largest absolute Gasteiger partial charge is 0.343 e. The number of piperidine rings is 1. The highest BCUT2D eigenvalue weighted by atomic mass is 35.5. The monoisotopic (exact) mass is 504 g/mol. The molecule has 0 saturated carbocycles. The van der Waals surface area contributed by atoms with Crippen LogP contribution in [0.5, 0.6) is 0 Å². The van der Waals surface area contributed by atoms with E-state index in [4.69, 9.17) is 11.6 Å². The van der Waals surface area contributed by atoms with E-state index in [0.29, 0.717) is 23.2 Å². The lowest BCUT2D eigenvalue weighted by molar-refractivity contribution is -0.130. The highest BCUT2D eigenvalue weighted by molar-refractivity contribution is 6.32. The van der Waals surface area contributed by atoms with Gasteiger partial charge in [-0.3, -0.25) is 9.59 Å². The predicted octanol–water partition coefficient (Wildman–Crippen LogP) is 5.30. The van der Waals surface area contributed by atoms with Crippen LogP contribution in [0.1, 0.15) is 37.3 Å². The van der Waals surface area contributed by atoms with Crippen LogP contribution in [0.2, 0.25) is 5.02 Å². The zero-order valence-electron chi connectivity index (χ0n) is 20.2. The summed E-state index contributed by atoms with van der Waals surface area (Å²) in [5, 5.41) is 10.1. The molecule has 0 unspecified atom stereocenters. The van der Waals surface area contributed by atoms with E-state index in [2.05, 4.69) is 38.1 Å². The summed E-state index contributed by atoms with van der Waals surface area (Å²) in [5.74, 6) is 1.36. The number of aromatic nitrogens is 2. The molecule has 2 amide bonds. The number of benzene rings is 2. The van der Waals surface area contributed by atoms with Crippen LogP contribution < -0.4 is 16.0 Å². The van der Waals surface area contributed by atoms with E-state index < -0.39 is 0 Å². The standard InChI is InChI=1S/C27H29ClN6O2/c1-17(35)34-11-9-19(10-12-34)14-25(36)32-24-8-7-22-15-20(24)6-5-18-3-2-4-21(13-18)31-27-29-16-23(28)26(30-22)33-27/h2-4,7-8,13,15-16,19H,5-6,9-12,14H2,1H3,(H,32,36)(H2,29,30,31,33). The molecule has 0 radical (unpaired) electrons. The molecule has 186 valence electrons. The lowest BCUT2D eigenvalue weighted by atomic mass is 9.93. The summed E-state index contributed by atoms with van der Waals surface area (Å²) in [4.78, 5) is 35.2. The second-order valence-corrected chi connectivity index (χ2v) is 9.82. The molecule has 3 heterocycles. The number of nitrogens with one attached hydrogen (secondary N) is 3. The van der Waals surface area contributed by atoms with Crippen molar-refractivity contribution in [1.82, 2.24) is 14.9 Å². The quantitative estimate of drug-likeness (QED) is 0.447. The van der Waals surface area contributed by atoms with Crippen molar-refractivity contribution in [2.75, 3.05) is 29.0 Å². The van der Waals surface area contributed by atoms with Crippen molar-refractivity contribution in [2.24, 2.45) is 5.92 Å². The number of halogens is 1. The van der Waals surface area contributed by atoms with Crippen molar-refractivity contribution < 1.29 is 9.59 Å². The Morgan fingerprint density at radius 1 is 1.08 bits per heavy atom. The van der Waals surface area contributed by atoms with Gasteiger partial charge in [0.15, 0.2) is 5.82 Å². The van der Waals surface area contributed by atoms with Crippen LogP contribution >= 0.6 is 11.6 Å². The van der Waals surface area contributed by atoms with Gasteiger partial charge in [0.2, 0.25) is 17.8 Å². The van der Waals surface area contributed by atoms with E-state index in [1.807, 2.05) is 35.2 Å². The fourth-order valence-electron chi connectivity index (χ4n) is 4.78. The van der Waals surface area contributed by atoms with Crippen molar-refractivity contribution in [2.45, 2.75) is 39.0 Å². The highest BCUT2D eigenvalue weighted by Gasteiger charge is 2.23. The minimum Gasteiger partial charge on any atom is -0.343 e. The second kappa shape index (κ2) is 10.5. The van der Waals surface area contributed by atoms with Gasteiger partial charge in [0.25, 0.3) is 0 Å². The summed E-state index contributed by atoms with van der Waals surface area (Å²) in [5.41, 5.74) is 4.74. The number of carbonyl (C=O) groups is 2. The fourth-order valence-corrected chi connectivity index (χ4v) is 4.92. The number of likely N-dealkylation sites (tertiary alicyclic amines) is 1. The molecule has 6 bridgehead atoms. The number of carbonyl (C=O) groups excluding carboxylic acids is 2. The first-order chi connectivity index (χ1) is 17.4. The maximum Gasteiger partial charge on any atom is 0.229 e. The van der Waals surface area contributed by atoms with Crippen LogP contribution in [0.15, 0.2) is 48.7 Å². The summed E-state index contributed by atoms with van der Waals surface area (Å²) < 4.78 is 0. The topological polar surface area (TPSA) is 99.3 Å². The maximum absolute atomic E-state index is 12.9. The predicted molar refractivity (Wildman–Crippen MR) is 142 cm³/mol. The van der Waals surface area contributed by atoms with Crippen molar-refractivity contribution in [3.63, 3.8) is 0 Å². The Balaban J connectivity index is 1.36. The number of anilines is 5. The summed E-state index contributed by atoms with van der Waals surface area (Å²) in [6.07, 6.45) is 5.30. The van der Waals surface area contributed by atoms with Gasteiger partial charge in [0.1, 0.15) is 5.02 Å². The molecule has 1 aromatic heterocycles. The summed E-state index contributed by atoms with van der Waals surface area (Å²) in [6.45, 7) is 3.04. The van der Waals surface area contributed by atoms with Crippen LogP contribution in [-0.2, 0) is 22.4 Å². The Morgan fingerprint density at radius 2 is 1.89 bits per heavy atom. The first kappa shape index (κ1) is 24.1. The van der Waals surface area contributed by atoms with Crippen LogP contribution in [0.3, 0.4) is 0 Å². The van der Waals surface area contributed by atoms with Gasteiger partial charge >= 0.3 is 0 Å². The molecular formula is C27H29ClN6O2. The Hall–Kier alpha value is -3.65. The summed E-state index contributed by atoms with van der Waals surface area (Å²) in [6, 6.07) is 14.0. The highest BCUT2D eigenvalue weighted by Crippen LogP contribution is 2.30. The fraction of sp³-hybridized carbons (Fsp3) is 0.333. The van der Waals surface area contributed by atoms with Gasteiger partial charge in [-0.15, -0.1) is 0 Å². The third-order valence-corrected chi connectivity index (χ3v) is 7.06. The van der Waals surface area contributed by atoms with Crippen molar-refractivity contribution >= 4 is 52.2 Å². The van der Waals surface area contributed by atoms with Crippen LogP contribution in [0, 0.1) is 5.92 Å². The van der Waals surface area contributed by atoms with E-state index >= 15 is 0 Å². The van der Waals surface area contributed by atoms with Gasteiger partial charge < -0.3 is 20.9 Å². The molecule has 2 aliphatic heterocycles. The summed E-state index contributed by atoms with van der Waals surface area (Å²) in [7, 11) is 0.